The molecule has 1 aliphatic rings. The van der Waals surface area contributed by atoms with Gasteiger partial charge >= 0.3 is 5.97 Å². The molecule has 1 N–H and O–H groups in total. The summed E-state index contributed by atoms with van der Waals surface area (Å²) in [5, 5.41) is 9.03. The first kappa shape index (κ1) is 11.6. The molecule has 0 aliphatic heterocycles. The molecule has 1 aromatic rings. The van der Waals surface area contributed by atoms with Crippen molar-refractivity contribution in [1.29, 1.82) is 0 Å². The average molecular weight is 287 g/mol. The summed E-state index contributed by atoms with van der Waals surface area (Å²) >= 11 is 3.18. The molecule has 0 heterocycles. The maximum atomic E-state index is 13.7. The largest absolute Gasteiger partial charge is 0.481 e. The van der Waals surface area contributed by atoms with Gasteiger partial charge < -0.3 is 5.11 Å². The molecule has 0 unspecified atom stereocenters. The predicted molar refractivity (Wildman–Crippen MR) is 61.7 cm³/mol. The van der Waals surface area contributed by atoms with Gasteiger partial charge in [-0.2, -0.15) is 0 Å². The number of rotatable bonds is 2. The number of carbonyl (C=O) groups is 1. The van der Waals surface area contributed by atoms with E-state index in [-0.39, 0.29) is 17.2 Å². The molecule has 2 nitrogen and oxygen atoms in total. The summed E-state index contributed by atoms with van der Waals surface area (Å²) in [6.07, 6.45) is 0. The van der Waals surface area contributed by atoms with Gasteiger partial charge in [0.25, 0.3) is 0 Å². The van der Waals surface area contributed by atoms with Gasteiger partial charge in [-0.05, 0) is 23.1 Å². The van der Waals surface area contributed by atoms with Crippen molar-refractivity contribution in [2.75, 3.05) is 0 Å². The van der Waals surface area contributed by atoms with Crippen molar-refractivity contribution in [3.63, 3.8) is 0 Å². The van der Waals surface area contributed by atoms with Crippen LogP contribution in [0.3, 0.4) is 0 Å². The van der Waals surface area contributed by atoms with E-state index in [1.165, 1.54) is 6.07 Å². The first-order valence-electron chi connectivity index (χ1n) is 5.03. The minimum Gasteiger partial charge on any atom is -0.481 e. The number of carboxylic acid groups (broad SMARTS) is 1. The van der Waals surface area contributed by atoms with Gasteiger partial charge in [0.15, 0.2) is 0 Å². The molecule has 1 aromatic carbocycles. The van der Waals surface area contributed by atoms with Crippen LogP contribution in [0.25, 0.3) is 0 Å². The van der Waals surface area contributed by atoms with Crippen molar-refractivity contribution in [2.45, 2.75) is 19.8 Å². The van der Waals surface area contributed by atoms with Crippen LogP contribution in [0, 0.1) is 17.2 Å². The Labute approximate surface area is 102 Å². The molecule has 16 heavy (non-hydrogen) atoms. The Morgan fingerprint density at radius 1 is 1.50 bits per heavy atom. The number of aliphatic carboxylic acids is 1. The number of hydrogen-bond donors (Lipinski definition) is 1. The molecule has 0 aromatic heterocycles. The minimum atomic E-state index is -0.850. The van der Waals surface area contributed by atoms with E-state index < -0.39 is 11.9 Å². The highest BCUT2D eigenvalue weighted by Crippen LogP contribution is 2.64. The van der Waals surface area contributed by atoms with Crippen LogP contribution in [-0.4, -0.2) is 11.1 Å². The SMILES string of the molecule is CC1(C)[C@H](C(=O)O)[C@H]1c1ccc(Br)cc1F. The Balaban J connectivity index is 2.37. The van der Waals surface area contributed by atoms with Crippen LogP contribution in [0.4, 0.5) is 4.39 Å². The highest BCUT2D eigenvalue weighted by molar-refractivity contribution is 9.10. The third-order valence-electron chi connectivity index (χ3n) is 3.39. The van der Waals surface area contributed by atoms with Gasteiger partial charge in [0.1, 0.15) is 5.82 Å². The lowest BCUT2D eigenvalue weighted by atomic mass is 10.0. The van der Waals surface area contributed by atoms with Crippen LogP contribution in [0.2, 0.25) is 0 Å². The van der Waals surface area contributed by atoms with E-state index in [4.69, 9.17) is 5.11 Å². The van der Waals surface area contributed by atoms with Crippen molar-refractivity contribution in [3.05, 3.63) is 34.1 Å². The summed E-state index contributed by atoms with van der Waals surface area (Å²) in [5.41, 5.74) is 0.140. The Kier molecular flexibility index (Phi) is 2.57. The molecule has 2 rings (SSSR count). The smallest absolute Gasteiger partial charge is 0.307 e. The van der Waals surface area contributed by atoms with Crippen LogP contribution < -0.4 is 0 Å². The van der Waals surface area contributed by atoms with Crippen molar-refractivity contribution in [3.8, 4) is 0 Å². The van der Waals surface area contributed by atoms with Gasteiger partial charge in [-0.15, -0.1) is 0 Å². The third kappa shape index (κ3) is 1.65. The van der Waals surface area contributed by atoms with E-state index in [1.54, 1.807) is 12.1 Å². The molecular weight excluding hydrogens is 275 g/mol. The predicted octanol–water partition coefficient (Wildman–Crippen LogP) is 3.41. The fourth-order valence-corrected chi connectivity index (χ4v) is 2.77. The van der Waals surface area contributed by atoms with Crippen LogP contribution >= 0.6 is 15.9 Å². The number of benzene rings is 1. The maximum absolute atomic E-state index is 13.7. The zero-order valence-electron chi connectivity index (χ0n) is 9.00. The first-order valence-corrected chi connectivity index (χ1v) is 5.82. The standard InChI is InChI=1S/C12H12BrFO2/c1-12(2)9(10(12)11(15)16)7-4-3-6(13)5-8(7)14/h3-5,9-10H,1-2H3,(H,15,16)/t9-,10+/m1/s1. The van der Waals surface area contributed by atoms with Crippen LogP contribution in [0.15, 0.2) is 22.7 Å². The van der Waals surface area contributed by atoms with Crippen molar-refractivity contribution in [2.24, 2.45) is 11.3 Å². The molecule has 0 saturated heterocycles. The number of halogens is 2. The first-order chi connectivity index (χ1) is 7.35. The van der Waals surface area contributed by atoms with Gasteiger partial charge in [0.05, 0.1) is 5.92 Å². The van der Waals surface area contributed by atoms with E-state index in [9.17, 15) is 9.18 Å². The summed E-state index contributed by atoms with van der Waals surface area (Å²) < 4.78 is 14.4. The summed E-state index contributed by atoms with van der Waals surface area (Å²) in [6.45, 7) is 3.72. The van der Waals surface area contributed by atoms with Crippen LogP contribution in [0.5, 0.6) is 0 Å². The van der Waals surface area contributed by atoms with Crippen LogP contribution in [0.1, 0.15) is 25.3 Å². The highest BCUT2D eigenvalue weighted by atomic mass is 79.9. The fraction of sp³-hybridized carbons (Fsp3) is 0.417. The third-order valence-corrected chi connectivity index (χ3v) is 3.88. The molecule has 1 aliphatic carbocycles. The summed E-state index contributed by atoms with van der Waals surface area (Å²) in [7, 11) is 0. The van der Waals surface area contributed by atoms with Gasteiger partial charge in [-0.3, -0.25) is 4.79 Å². The maximum Gasteiger partial charge on any atom is 0.307 e. The molecule has 86 valence electrons. The Morgan fingerprint density at radius 3 is 2.56 bits per heavy atom. The molecule has 1 fully saturated rings. The Hall–Kier alpha value is -0.900. The molecule has 1 saturated carbocycles. The van der Waals surface area contributed by atoms with E-state index in [2.05, 4.69) is 15.9 Å². The lowest BCUT2D eigenvalue weighted by Crippen LogP contribution is -2.03. The van der Waals surface area contributed by atoms with Gasteiger partial charge in [-0.25, -0.2) is 4.39 Å². The zero-order chi connectivity index (χ0) is 12.1. The summed E-state index contributed by atoms with van der Waals surface area (Å²) in [6, 6.07) is 4.78. The molecule has 4 heteroatoms. The van der Waals surface area contributed by atoms with E-state index >= 15 is 0 Å². The Morgan fingerprint density at radius 2 is 2.12 bits per heavy atom. The zero-order valence-corrected chi connectivity index (χ0v) is 10.6. The quantitative estimate of drug-likeness (QED) is 0.905. The molecule has 0 spiro atoms. The van der Waals surface area contributed by atoms with Crippen LogP contribution in [-0.2, 0) is 4.79 Å². The monoisotopic (exact) mass is 286 g/mol. The van der Waals surface area contributed by atoms with E-state index in [0.717, 1.165) is 0 Å². The molecule has 2 atom stereocenters. The summed E-state index contributed by atoms with van der Waals surface area (Å²) in [5.74, 6) is -1.89. The second-order valence-corrected chi connectivity index (χ2v) is 5.70. The lowest BCUT2D eigenvalue weighted by Gasteiger charge is -2.04. The minimum absolute atomic E-state index is 0.224. The number of carboxylic acids is 1. The van der Waals surface area contributed by atoms with Crippen molar-refractivity contribution < 1.29 is 14.3 Å². The normalized spacial score (nSPS) is 26.5. The molecular formula is C12H12BrFO2. The van der Waals surface area contributed by atoms with Crippen molar-refractivity contribution in [1.82, 2.24) is 0 Å². The second-order valence-electron chi connectivity index (χ2n) is 4.78. The molecule has 0 radical (unpaired) electrons. The molecule has 0 amide bonds. The van der Waals surface area contributed by atoms with Gasteiger partial charge in [0.2, 0.25) is 0 Å². The topological polar surface area (TPSA) is 37.3 Å². The summed E-state index contributed by atoms with van der Waals surface area (Å²) in [4.78, 5) is 11.0. The van der Waals surface area contributed by atoms with E-state index in [0.29, 0.717) is 10.0 Å². The van der Waals surface area contributed by atoms with Gasteiger partial charge in [0, 0.05) is 10.4 Å². The van der Waals surface area contributed by atoms with Gasteiger partial charge in [-0.1, -0.05) is 35.8 Å². The average Bonchev–Trinajstić information content (AvgIpc) is 2.69. The fourth-order valence-electron chi connectivity index (χ4n) is 2.43. The highest BCUT2D eigenvalue weighted by Gasteiger charge is 2.63. The second kappa shape index (κ2) is 3.55. The Bertz CT molecular complexity index is 456. The number of hydrogen-bond acceptors (Lipinski definition) is 1. The molecule has 0 bridgehead atoms. The lowest BCUT2D eigenvalue weighted by molar-refractivity contribution is -0.139. The van der Waals surface area contributed by atoms with E-state index in [1.807, 2.05) is 13.8 Å². The van der Waals surface area contributed by atoms with Crippen molar-refractivity contribution >= 4 is 21.9 Å².